The Morgan fingerprint density at radius 2 is 1.30 bits per heavy atom. The van der Waals surface area contributed by atoms with Gasteiger partial charge < -0.3 is 9.30 Å². The third-order valence-electron chi connectivity index (χ3n) is 4.00. The normalized spacial score (nSPS) is 13.3. The summed E-state index contributed by atoms with van der Waals surface area (Å²) in [6.45, 7) is 2.00. The number of hydrogen-bond acceptors (Lipinski definition) is 2. The first-order chi connectivity index (χ1) is 11.2. The van der Waals surface area contributed by atoms with Crippen LogP contribution in [0.3, 0.4) is 0 Å². The lowest BCUT2D eigenvalue weighted by atomic mass is 10.2. The second-order valence-corrected chi connectivity index (χ2v) is 8.10. The molecule has 0 saturated heterocycles. The average molecular weight is 322 g/mol. The molecule has 116 valence electrons. The Hall–Kier alpha value is -2.31. The zero-order valence-electron chi connectivity index (χ0n) is 13.3. The number of aryl methyl sites for hydroxylation is 1. The van der Waals surface area contributed by atoms with Crippen molar-refractivity contribution >= 4 is 23.1 Å². The van der Waals surface area contributed by atoms with Crippen LogP contribution in [0.5, 0.6) is 5.75 Å². The molecule has 1 unspecified atom stereocenters. The SMILES string of the molecule is COc1ccccc1P(=O)(c1ccccc1)c1ccccc1C. The van der Waals surface area contributed by atoms with Crippen LogP contribution in [0.15, 0.2) is 78.9 Å². The van der Waals surface area contributed by atoms with Crippen LogP contribution in [-0.2, 0) is 4.57 Å². The van der Waals surface area contributed by atoms with E-state index in [1.807, 2.05) is 85.8 Å². The van der Waals surface area contributed by atoms with E-state index in [1.165, 1.54) is 0 Å². The maximum Gasteiger partial charge on any atom is 0.174 e. The van der Waals surface area contributed by atoms with Gasteiger partial charge in [-0.25, -0.2) is 0 Å². The first kappa shape index (κ1) is 15.6. The van der Waals surface area contributed by atoms with Crippen LogP contribution in [0, 0.1) is 6.92 Å². The lowest BCUT2D eigenvalue weighted by Crippen LogP contribution is -2.27. The minimum atomic E-state index is -2.99. The first-order valence-electron chi connectivity index (χ1n) is 7.53. The summed E-state index contributed by atoms with van der Waals surface area (Å²) in [7, 11) is -1.38. The maximum atomic E-state index is 14.3. The van der Waals surface area contributed by atoms with Gasteiger partial charge in [-0.15, -0.1) is 0 Å². The average Bonchev–Trinajstić information content (AvgIpc) is 2.62. The van der Waals surface area contributed by atoms with Crippen molar-refractivity contribution in [3.05, 3.63) is 84.4 Å². The van der Waals surface area contributed by atoms with E-state index in [0.29, 0.717) is 5.75 Å². The van der Waals surface area contributed by atoms with E-state index in [2.05, 4.69) is 0 Å². The van der Waals surface area contributed by atoms with Crippen molar-refractivity contribution in [1.82, 2.24) is 0 Å². The van der Waals surface area contributed by atoms with E-state index < -0.39 is 7.14 Å². The molecule has 0 aliphatic heterocycles. The summed E-state index contributed by atoms with van der Waals surface area (Å²) in [5.74, 6) is 0.655. The molecule has 0 bridgehead atoms. The van der Waals surface area contributed by atoms with E-state index in [0.717, 1.165) is 21.5 Å². The number of benzene rings is 3. The van der Waals surface area contributed by atoms with Gasteiger partial charge in [-0.2, -0.15) is 0 Å². The third-order valence-corrected chi connectivity index (χ3v) is 7.25. The molecule has 0 spiro atoms. The summed E-state index contributed by atoms with van der Waals surface area (Å²) in [5, 5.41) is 2.41. The molecule has 0 fully saturated rings. The molecule has 0 heterocycles. The van der Waals surface area contributed by atoms with Crippen molar-refractivity contribution in [2.24, 2.45) is 0 Å². The van der Waals surface area contributed by atoms with Gasteiger partial charge in [0.2, 0.25) is 0 Å². The number of ether oxygens (including phenoxy) is 1. The molecule has 23 heavy (non-hydrogen) atoms. The highest BCUT2D eigenvalue weighted by molar-refractivity contribution is 7.85. The zero-order chi connectivity index (χ0) is 16.3. The highest BCUT2D eigenvalue weighted by atomic mass is 31.2. The zero-order valence-corrected chi connectivity index (χ0v) is 14.2. The predicted octanol–water partition coefficient (Wildman–Crippen LogP) is 3.64. The van der Waals surface area contributed by atoms with Crippen LogP contribution in [0.25, 0.3) is 0 Å². The lowest BCUT2D eigenvalue weighted by molar-refractivity contribution is 0.418. The number of methoxy groups -OCH3 is 1. The number of rotatable bonds is 4. The third kappa shape index (κ3) is 2.71. The van der Waals surface area contributed by atoms with Gasteiger partial charge >= 0.3 is 0 Å². The molecule has 3 rings (SSSR count). The minimum Gasteiger partial charge on any atom is -0.496 e. The standard InChI is InChI=1S/C20H19O2P/c1-16-10-6-8-14-19(16)23(21,17-11-4-3-5-12-17)20-15-9-7-13-18(20)22-2/h3-15H,1-2H3. The van der Waals surface area contributed by atoms with E-state index in [-0.39, 0.29) is 0 Å². The largest absolute Gasteiger partial charge is 0.496 e. The lowest BCUT2D eigenvalue weighted by Gasteiger charge is -2.23. The van der Waals surface area contributed by atoms with Crippen LogP contribution in [-0.4, -0.2) is 7.11 Å². The fourth-order valence-electron chi connectivity index (χ4n) is 2.85. The summed E-state index contributed by atoms with van der Waals surface area (Å²) in [4.78, 5) is 0. The summed E-state index contributed by atoms with van der Waals surface area (Å²) in [6, 6.07) is 25.1. The van der Waals surface area contributed by atoms with Crippen LogP contribution >= 0.6 is 7.14 Å². The highest BCUT2D eigenvalue weighted by Gasteiger charge is 2.33. The van der Waals surface area contributed by atoms with Gasteiger partial charge in [-0.1, -0.05) is 66.7 Å². The summed E-state index contributed by atoms with van der Waals surface area (Å²) < 4.78 is 19.8. The molecular formula is C20H19O2P. The Bertz CT molecular complexity index is 856. The second kappa shape index (κ2) is 6.44. The van der Waals surface area contributed by atoms with E-state index >= 15 is 0 Å². The van der Waals surface area contributed by atoms with Gasteiger partial charge in [0.25, 0.3) is 0 Å². The molecule has 0 aromatic heterocycles. The quantitative estimate of drug-likeness (QED) is 0.686. The van der Waals surface area contributed by atoms with Crippen LogP contribution in [0.4, 0.5) is 0 Å². The highest BCUT2D eigenvalue weighted by Crippen LogP contribution is 2.45. The van der Waals surface area contributed by atoms with Crippen LogP contribution in [0.2, 0.25) is 0 Å². The van der Waals surface area contributed by atoms with Gasteiger partial charge in [-0.05, 0) is 24.6 Å². The summed E-state index contributed by atoms with van der Waals surface area (Å²) in [6.07, 6.45) is 0. The molecule has 2 nitrogen and oxygen atoms in total. The summed E-state index contributed by atoms with van der Waals surface area (Å²) in [5.41, 5.74) is 1.02. The molecule has 0 radical (unpaired) electrons. The van der Waals surface area contributed by atoms with Crippen LogP contribution < -0.4 is 20.7 Å². The molecule has 3 heteroatoms. The topological polar surface area (TPSA) is 26.3 Å². The van der Waals surface area contributed by atoms with E-state index in [9.17, 15) is 4.57 Å². The minimum absolute atomic E-state index is 0.655. The first-order valence-corrected chi connectivity index (χ1v) is 9.24. The molecule has 1 atom stereocenters. The van der Waals surface area contributed by atoms with Gasteiger partial charge in [0.05, 0.1) is 12.4 Å². The Morgan fingerprint density at radius 3 is 1.96 bits per heavy atom. The second-order valence-electron chi connectivity index (χ2n) is 5.40. The summed E-state index contributed by atoms with van der Waals surface area (Å²) >= 11 is 0. The molecule has 0 aliphatic rings. The van der Waals surface area contributed by atoms with Crippen molar-refractivity contribution < 1.29 is 9.30 Å². The molecule has 0 saturated carbocycles. The Kier molecular flexibility index (Phi) is 4.36. The molecule has 0 aliphatic carbocycles. The van der Waals surface area contributed by atoms with Crippen molar-refractivity contribution in [3.63, 3.8) is 0 Å². The van der Waals surface area contributed by atoms with Gasteiger partial charge in [0.15, 0.2) is 7.14 Å². The monoisotopic (exact) mass is 322 g/mol. The maximum absolute atomic E-state index is 14.3. The van der Waals surface area contributed by atoms with Crippen molar-refractivity contribution in [2.75, 3.05) is 7.11 Å². The number of para-hydroxylation sites is 1. The molecule has 0 amide bonds. The van der Waals surface area contributed by atoms with E-state index in [1.54, 1.807) is 7.11 Å². The van der Waals surface area contributed by atoms with Crippen LogP contribution in [0.1, 0.15) is 5.56 Å². The van der Waals surface area contributed by atoms with Gasteiger partial charge in [0.1, 0.15) is 5.75 Å². The van der Waals surface area contributed by atoms with Crippen molar-refractivity contribution in [2.45, 2.75) is 6.92 Å². The van der Waals surface area contributed by atoms with Crippen molar-refractivity contribution in [1.29, 1.82) is 0 Å². The van der Waals surface area contributed by atoms with E-state index in [4.69, 9.17) is 4.74 Å². The number of hydrogen-bond donors (Lipinski definition) is 0. The Morgan fingerprint density at radius 1 is 0.739 bits per heavy atom. The fourth-order valence-corrected chi connectivity index (χ4v) is 5.90. The molecular weight excluding hydrogens is 303 g/mol. The van der Waals surface area contributed by atoms with Gasteiger partial charge in [0, 0.05) is 10.6 Å². The van der Waals surface area contributed by atoms with Crippen molar-refractivity contribution in [3.8, 4) is 5.75 Å². The van der Waals surface area contributed by atoms with Gasteiger partial charge in [-0.3, -0.25) is 0 Å². The predicted molar refractivity (Wildman–Crippen MR) is 97.1 cm³/mol. The smallest absolute Gasteiger partial charge is 0.174 e. The Labute approximate surface area is 137 Å². The Balaban J connectivity index is 2.36. The molecule has 0 N–H and O–H groups in total. The molecule has 3 aromatic carbocycles. The fraction of sp³-hybridized carbons (Fsp3) is 0.100. The molecule has 3 aromatic rings.